The zero-order chi connectivity index (χ0) is 21.1. The first-order chi connectivity index (χ1) is 14.6. The van der Waals surface area contributed by atoms with E-state index in [-0.39, 0.29) is 0 Å². The van der Waals surface area contributed by atoms with Gasteiger partial charge in [0.15, 0.2) is 11.5 Å². The van der Waals surface area contributed by atoms with Gasteiger partial charge < -0.3 is 20.1 Å². The Bertz CT molecular complexity index is 1220. The highest BCUT2D eigenvalue weighted by molar-refractivity contribution is 6.01. The molecule has 9 heteroatoms. The van der Waals surface area contributed by atoms with Gasteiger partial charge in [-0.05, 0) is 43.3 Å². The Morgan fingerprint density at radius 1 is 0.967 bits per heavy atom. The number of methoxy groups -OCH3 is 2. The Hall–Kier alpha value is -4.14. The maximum Gasteiger partial charge on any atom is 0.323 e. The fourth-order valence-corrected chi connectivity index (χ4v) is 3.00. The molecular weight excluding hydrogens is 384 g/mol. The van der Waals surface area contributed by atoms with E-state index >= 15 is 0 Å². The second kappa shape index (κ2) is 8.08. The van der Waals surface area contributed by atoms with Gasteiger partial charge >= 0.3 is 6.03 Å². The number of nitrogens with one attached hydrogen (secondary N) is 2. The van der Waals surface area contributed by atoms with Gasteiger partial charge in [-0.2, -0.15) is 9.61 Å². The van der Waals surface area contributed by atoms with Gasteiger partial charge in [0.05, 0.1) is 25.6 Å². The fraction of sp³-hybridized carbons (Fsp3) is 0.143. The molecule has 0 bridgehead atoms. The second-order valence-electron chi connectivity index (χ2n) is 6.46. The molecule has 2 aromatic carbocycles. The molecule has 4 rings (SSSR count). The Morgan fingerprint density at radius 3 is 2.63 bits per heavy atom. The summed E-state index contributed by atoms with van der Waals surface area (Å²) in [6, 6.07) is 15.9. The van der Waals surface area contributed by atoms with Crippen molar-refractivity contribution in [2.75, 3.05) is 24.9 Å². The first-order valence-electron chi connectivity index (χ1n) is 9.17. The van der Waals surface area contributed by atoms with Crippen LogP contribution < -0.4 is 20.1 Å². The lowest BCUT2D eigenvalue weighted by Crippen LogP contribution is -2.19. The molecule has 2 amide bonds. The van der Waals surface area contributed by atoms with Crippen LogP contribution in [0.4, 0.5) is 16.2 Å². The molecule has 30 heavy (non-hydrogen) atoms. The van der Waals surface area contributed by atoms with Crippen LogP contribution in [0.5, 0.6) is 11.5 Å². The first-order valence-corrected chi connectivity index (χ1v) is 9.17. The van der Waals surface area contributed by atoms with Crippen LogP contribution in [0.3, 0.4) is 0 Å². The third-order valence-corrected chi connectivity index (χ3v) is 4.49. The lowest BCUT2D eigenvalue weighted by atomic mass is 10.1. The molecule has 152 valence electrons. The average Bonchev–Trinajstić information content (AvgIpc) is 3.14. The van der Waals surface area contributed by atoms with E-state index in [1.165, 1.54) is 7.11 Å². The van der Waals surface area contributed by atoms with Crippen molar-refractivity contribution in [1.29, 1.82) is 0 Å². The summed E-state index contributed by atoms with van der Waals surface area (Å²) < 4.78 is 12.2. The lowest BCUT2D eigenvalue weighted by molar-refractivity contribution is 0.262. The summed E-state index contributed by atoms with van der Waals surface area (Å²) in [7, 11) is 3.10. The number of carbonyl (C=O) groups excluding carboxylic acids is 1. The predicted octanol–water partition coefficient (Wildman–Crippen LogP) is 3.76. The normalized spacial score (nSPS) is 10.6. The van der Waals surface area contributed by atoms with Crippen LogP contribution in [0.2, 0.25) is 0 Å². The van der Waals surface area contributed by atoms with Crippen molar-refractivity contribution in [2.45, 2.75) is 6.92 Å². The summed E-state index contributed by atoms with van der Waals surface area (Å²) >= 11 is 0. The molecule has 2 N–H and O–H groups in total. The van der Waals surface area contributed by atoms with Gasteiger partial charge in [0.2, 0.25) is 0 Å². The minimum Gasteiger partial charge on any atom is -0.497 e. The number of hydrogen-bond acceptors (Lipinski definition) is 6. The van der Waals surface area contributed by atoms with Crippen molar-refractivity contribution in [3.8, 4) is 22.8 Å². The highest BCUT2D eigenvalue weighted by Crippen LogP contribution is 2.29. The molecule has 0 saturated carbocycles. The van der Waals surface area contributed by atoms with Gasteiger partial charge in [-0.25, -0.2) is 4.79 Å². The van der Waals surface area contributed by atoms with Crippen molar-refractivity contribution in [2.24, 2.45) is 0 Å². The van der Waals surface area contributed by atoms with Crippen LogP contribution in [-0.4, -0.2) is 40.1 Å². The van der Waals surface area contributed by atoms with E-state index in [1.54, 1.807) is 35.9 Å². The topological polar surface area (TPSA) is 103 Å². The molecule has 0 unspecified atom stereocenters. The third kappa shape index (κ3) is 3.86. The number of carbonyl (C=O) groups is 1. The van der Waals surface area contributed by atoms with E-state index in [1.807, 2.05) is 37.3 Å². The van der Waals surface area contributed by atoms with Gasteiger partial charge in [0.25, 0.3) is 0 Å². The molecule has 4 aromatic rings. The molecule has 0 fully saturated rings. The molecule has 9 nitrogen and oxygen atoms in total. The van der Waals surface area contributed by atoms with E-state index in [2.05, 4.69) is 25.9 Å². The summed E-state index contributed by atoms with van der Waals surface area (Å²) in [5.41, 5.74) is 3.39. The summed E-state index contributed by atoms with van der Waals surface area (Å²) in [5, 5.41) is 18.2. The summed E-state index contributed by atoms with van der Waals surface area (Å²) in [5.74, 6) is 1.84. The van der Waals surface area contributed by atoms with Gasteiger partial charge in [0.1, 0.15) is 11.5 Å². The summed E-state index contributed by atoms with van der Waals surface area (Å²) in [6.07, 6.45) is 0. The van der Waals surface area contributed by atoms with Crippen molar-refractivity contribution >= 4 is 23.1 Å². The molecule has 0 radical (unpaired) electrons. The van der Waals surface area contributed by atoms with Crippen LogP contribution in [0, 0.1) is 6.92 Å². The lowest BCUT2D eigenvalue weighted by Gasteiger charge is -2.13. The van der Waals surface area contributed by atoms with Crippen molar-refractivity contribution in [1.82, 2.24) is 19.8 Å². The van der Waals surface area contributed by atoms with Crippen molar-refractivity contribution < 1.29 is 14.3 Å². The number of amides is 2. The van der Waals surface area contributed by atoms with E-state index < -0.39 is 6.03 Å². The maximum absolute atomic E-state index is 12.5. The molecule has 0 aliphatic heterocycles. The number of ether oxygens (including phenoxy) is 2. The van der Waals surface area contributed by atoms with Gasteiger partial charge in [0, 0.05) is 17.3 Å². The Morgan fingerprint density at radius 2 is 1.83 bits per heavy atom. The quantitative estimate of drug-likeness (QED) is 0.525. The number of rotatable bonds is 5. The van der Waals surface area contributed by atoms with E-state index in [0.29, 0.717) is 34.3 Å². The highest BCUT2D eigenvalue weighted by Gasteiger charge is 2.11. The predicted molar refractivity (Wildman–Crippen MR) is 113 cm³/mol. The summed E-state index contributed by atoms with van der Waals surface area (Å²) in [6.45, 7) is 1.84. The average molecular weight is 404 g/mol. The molecule has 0 atom stereocenters. The largest absolute Gasteiger partial charge is 0.497 e. The van der Waals surface area contributed by atoms with Crippen LogP contribution in [0.1, 0.15) is 5.82 Å². The Kier molecular flexibility index (Phi) is 5.17. The molecule has 0 spiro atoms. The fourth-order valence-electron chi connectivity index (χ4n) is 3.00. The molecule has 0 aliphatic rings. The number of hydrogen-bond donors (Lipinski definition) is 2. The smallest absolute Gasteiger partial charge is 0.323 e. The van der Waals surface area contributed by atoms with Crippen LogP contribution in [0.15, 0.2) is 54.6 Å². The number of aryl methyl sites for hydroxylation is 1. The SMILES string of the molecule is COc1ccc(OC)c(NC(=O)Nc2cccc(-c3ccc4nnc(C)n4n3)c2)c1. The molecule has 2 aromatic heterocycles. The van der Waals surface area contributed by atoms with Crippen LogP contribution in [-0.2, 0) is 0 Å². The first kappa shape index (κ1) is 19.2. The molecule has 0 saturated heterocycles. The maximum atomic E-state index is 12.5. The third-order valence-electron chi connectivity index (χ3n) is 4.49. The Balaban J connectivity index is 1.54. The van der Waals surface area contributed by atoms with E-state index in [4.69, 9.17) is 9.47 Å². The summed E-state index contributed by atoms with van der Waals surface area (Å²) in [4.78, 5) is 12.5. The van der Waals surface area contributed by atoms with Crippen molar-refractivity contribution in [3.63, 3.8) is 0 Å². The zero-order valence-corrected chi connectivity index (χ0v) is 16.7. The second-order valence-corrected chi connectivity index (χ2v) is 6.46. The van der Waals surface area contributed by atoms with Gasteiger partial charge in [-0.15, -0.1) is 10.2 Å². The van der Waals surface area contributed by atoms with Crippen LogP contribution >= 0.6 is 0 Å². The molecular formula is C21H20N6O3. The Labute approximate surface area is 172 Å². The minimum atomic E-state index is -0.406. The van der Waals surface area contributed by atoms with E-state index in [0.717, 1.165) is 11.3 Å². The number of urea groups is 1. The number of fused-ring (bicyclic) bond motifs is 1. The number of nitrogens with zero attached hydrogens (tertiary/aromatic N) is 4. The van der Waals surface area contributed by atoms with Gasteiger partial charge in [-0.1, -0.05) is 12.1 Å². The molecule has 2 heterocycles. The number of aromatic nitrogens is 4. The number of benzene rings is 2. The minimum absolute atomic E-state index is 0.406. The number of anilines is 2. The monoisotopic (exact) mass is 404 g/mol. The highest BCUT2D eigenvalue weighted by atomic mass is 16.5. The van der Waals surface area contributed by atoms with Gasteiger partial charge in [-0.3, -0.25) is 0 Å². The van der Waals surface area contributed by atoms with E-state index in [9.17, 15) is 4.79 Å². The zero-order valence-electron chi connectivity index (χ0n) is 16.7. The van der Waals surface area contributed by atoms with Crippen molar-refractivity contribution in [3.05, 3.63) is 60.4 Å². The van der Waals surface area contributed by atoms with Crippen LogP contribution in [0.25, 0.3) is 16.9 Å². The molecule has 0 aliphatic carbocycles. The standard InChI is InChI=1S/C21H20N6O3/c1-13-24-25-20-10-8-17(26-27(13)20)14-5-4-6-15(11-14)22-21(28)23-18-12-16(29-2)7-9-19(18)30-3/h4-12H,1-3H3,(H2,22,23,28).